The van der Waals surface area contributed by atoms with E-state index in [2.05, 4.69) is 10.6 Å². The number of hydrogen-bond donors (Lipinski definition) is 2. The van der Waals surface area contributed by atoms with Crippen molar-refractivity contribution in [1.82, 2.24) is 0 Å². The second-order valence-electron chi connectivity index (χ2n) is 5.69. The molecule has 0 radical (unpaired) electrons. The molecule has 0 aliphatic heterocycles. The Labute approximate surface area is 160 Å². The normalized spacial score (nSPS) is 11.4. The van der Waals surface area contributed by atoms with Crippen LogP contribution in [0.15, 0.2) is 36.4 Å². The third-order valence-electron chi connectivity index (χ3n) is 3.88. The molecule has 2 N–H and O–H groups in total. The molecule has 0 saturated heterocycles. The van der Waals surface area contributed by atoms with E-state index >= 15 is 0 Å². The number of ether oxygens (including phenoxy) is 1. The SMILES string of the molecule is CNc1ccc(C(=O)O[C@@H](C)C(=O)Nc2cccc(Cl)c2C)cc1[N+](=O)[O-]. The van der Waals surface area contributed by atoms with Crippen molar-refractivity contribution in [1.29, 1.82) is 0 Å². The highest BCUT2D eigenvalue weighted by Gasteiger charge is 2.22. The van der Waals surface area contributed by atoms with Crippen molar-refractivity contribution in [3.05, 3.63) is 62.7 Å². The lowest BCUT2D eigenvalue weighted by Gasteiger charge is -2.15. The number of rotatable bonds is 6. The van der Waals surface area contributed by atoms with Gasteiger partial charge in [-0.15, -0.1) is 0 Å². The van der Waals surface area contributed by atoms with E-state index in [0.29, 0.717) is 16.3 Å². The number of nitrogens with zero attached hydrogens (tertiary/aromatic N) is 1. The lowest BCUT2D eigenvalue weighted by Crippen LogP contribution is -2.30. The maximum atomic E-state index is 12.3. The van der Waals surface area contributed by atoms with Crippen LogP contribution in [0.3, 0.4) is 0 Å². The number of carbonyl (C=O) groups is 2. The minimum Gasteiger partial charge on any atom is -0.449 e. The number of hydrogen-bond acceptors (Lipinski definition) is 6. The quantitative estimate of drug-likeness (QED) is 0.440. The van der Waals surface area contributed by atoms with Gasteiger partial charge in [0.25, 0.3) is 11.6 Å². The van der Waals surface area contributed by atoms with E-state index in [1.54, 1.807) is 25.1 Å². The second-order valence-corrected chi connectivity index (χ2v) is 6.10. The van der Waals surface area contributed by atoms with E-state index in [4.69, 9.17) is 16.3 Å². The second kappa shape index (κ2) is 8.50. The topological polar surface area (TPSA) is 111 Å². The van der Waals surface area contributed by atoms with Gasteiger partial charge in [0.05, 0.1) is 10.5 Å². The summed E-state index contributed by atoms with van der Waals surface area (Å²) < 4.78 is 5.12. The van der Waals surface area contributed by atoms with Crippen LogP contribution < -0.4 is 10.6 Å². The summed E-state index contributed by atoms with van der Waals surface area (Å²) in [5, 5.41) is 16.9. The van der Waals surface area contributed by atoms with Gasteiger partial charge in [0.2, 0.25) is 0 Å². The molecule has 0 heterocycles. The van der Waals surface area contributed by atoms with E-state index in [1.165, 1.54) is 26.1 Å². The maximum absolute atomic E-state index is 12.3. The minimum atomic E-state index is -1.11. The third kappa shape index (κ3) is 4.73. The molecule has 0 aromatic heterocycles. The summed E-state index contributed by atoms with van der Waals surface area (Å²) in [6.45, 7) is 3.15. The first-order chi connectivity index (χ1) is 12.7. The van der Waals surface area contributed by atoms with Crippen molar-refractivity contribution < 1.29 is 19.2 Å². The molecule has 0 aliphatic rings. The Morgan fingerprint density at radius 3 is 2.56 bits per heavy atom. The number of nitro benzene ring substituents is 1. The fourth-order valence-electron chi connectivity index (χ4n) is 2.28. The largest absolute Gasteiger partial charge is 0.449 e. The smallest absolute Gasteiger partial charge is 0.339 e. The first kappa shape index (κ1) is 20.2. The van der Waals surface area contributed by atoms with Crippen LogP contribution in [0.5, 0.6) is 0 Å². The van der Waals surface area contributed by atoms with Crippen molar-refractivity contribution in [3.63, 3.8) is 0 Å². The highest BCUT2D eigenvalue weighted by Crippen LogP contribution is 2.26. The number of benzene rings is 2. The van der Waals surface area contributed by atoms with Crippen molar-refractivity contribution in [2.24, 2.45) is 0 Å². The Morgan fingerprint density at radius 2 is 1.93 bits per heavy atom. The summed E-state index contributed by atoms with van der Waals surface area (Å²) in [5.74, 6) is -1.39. The van der Waals surface area contributed by atoms with E-state index < -0.39 is 22.9 Å². The number of nitrogens with one attached hydrogen (secondary N) is 2. The van der Waals surface area contributed by atoms with Gasteiger partial charge < -0.3 is 15.4 Å². The van der Waals surface area contributed by atoms with Crippen LogP contribution >= 0.6 is 11.6 Å². The van der Waals surface area contributed by atoms with Crippen LogP contribution in [0.4, 0.5) is 17.1 Å². The lowest BCUT2D eigenvalue weighted by atomic mass is 10.1. The highest BCUT2D eigenvalue weighted by molar-refractivity contribution is 6.31. The van der Waals surface area contributed by atoms with Crippen molar-refractivity contribution >= 4 is 40.5 Å². The minimum absolute atomic E-state index is 0.0284. The van der Waals surface area contributed by atoms with Gasteiger partial charge in [0, 0.05) is 23.8 Å². The number of halogens is 1. The van der Waals surface area contributed by atoms with E-state index in [1.807, 2.05) is 0 Å². The molecule has 0 aliphatic carbocycles. The predicted molar refractivity (Wildman–Crippen MR) is 102 cm³/mol. The van der Waals surface area contributed by atoms with E-state index in [0.717, 1.165) is 6.07 Å². The predicted octanol–water partition coefficient (Wildman–Crippen LogP) is 3.78. The number of nitro groups is 1. The van der Waals surface area contributed by atoms with Gasteiger partial charge in [-0.3, -0.25) is 14.9 Å². The molecular weight excluding hydrogens is 374 g/mol. The molecule has 1 amide bonds. The number of carbonyl (C=O) groups excluding carboxylic acids is 2. The first-order valence-electron chi connectivity index (χ1n) is 7.97. The first-order valence-corrected chi connectivity index (χ1v) is 8.35. The molecule has 1 atom stereocenters. The number of amides is 1. The Balaban J connectivity index is 2.10. The van der Waals surface area contributed by atoms with Gasteiger partial charge in [-0.1, -0.05) is 17.7 Å². The van der Waals surface area contributed by atoms with E-state index in [9.17, 15) is 19.7 Å². The van der Waals surface area contributed by atoms with Crippen molar-refractivity contribution in [2.45, 2.75) is 20.0 Å². The monoisotopic (exact) mass is 391 g/mol. The standard InChI is InChI=1S/C18H18ClN3O5/c1-10-13(19)5-4-6-14(10)21-17(23)11(2)27-18(24)12-7-8-15(20-3)16(9-12)22(25)26/h4-9,11,20H,1-3H3,(H,21,23)/t11-/m0/s1. The molecule has 2 rings (SSSR count). The number of anilines is 2. The Morgan fingerprint density at radius 1 is 1.22 bits per heavy atom. The zero-order valence-corrected chi connectivity index (χ0v) is 15.7. The summed E-state index contributed by atoms with van der Waals surface area (Å²) in [7, 11) is 1.53. The van der Waals surface area contributed by atoms with Crippen LogP contribution in [0.1, 0.15) is 22.8 Å². The van der Waals surface area contributed by atoms with Gasteiger partial charge in [0.1, 0.15) is 5.69 Å². The van der Waals surface area contributed by atoms with Crippen LogP contribution in [-0.2, 0) is 9.53 Å². The zero-order chi connectivity index (χ0) is 20.1. The fourth-order valence-corrected chi connectivity index (χ4v) is 2.45. The molecule has 2 aromatic rings. The summed E-state index contributed by atoms with van der Waals surface area (Å²) >= 11 is 6.01. The molecule has 9 heteroatoms. The number of esters is 1. The molecule has 0 saturated carbocycles. The molecule has 0 bridgehead atoms. The third-order valence-corrected chi connectivity index (χ3v) is 4.29. The van der Waals surface area contributed by atoms with Crippen LogP contribution in [0.25, 0.3) is 0 Å². The maximum Gasteiger partial charge on any atom is 0.339 e. The molecule has 0 fully saturated rings. The van der Waals surface area contributed by atoms with Gasteiger partial charge in [0.15, 0.2) is 6.10 Å². The summed E-state index contributed by atoms with van der Waals surface area (Å²) in [6.07, 6.45) is -1.11. The molecular formula is C18H18ClN3O5. The Bertz CT molecular complexity index is 901. The lowest BCUT2D eigenvalue weighted by molar-refractivity contribution is -0.384. The zero-order valence-electron chi connectivity index (χ0n) is 14.9. The summed E-state index contributed by atoms with van der Waals surface area (Å²) in [6, 6.07) is 8.93. The average molecular weight is 392 g/mol. The molecule has 0 unspecified atom stereocenters. The molecule has 0 spiro atoms. The Hall–Kier alpha value is -3.13. The molecule has 27 heavy (non-hydrogen) atoms. The average Bonchev–Trinajstić information content (AvgIpc) is 2.64. The summed E-state index contributed by atoms with van der Waals surface area (Å²) in [5.41, 5.74) is 1.16. The fraction of sp³-hybridized carbons (Fsp3) is 0.222. The molecule has 2 aromatic carbocycles. The Kier molecular flexibility index (Phi) is 6.36. The van der Waals surface area contributed by atoms with E-state index in [-0.39, 0.29) is 16.9 Å². The summed E-state index contributed by atoms with van der Waals surface area (Å²) in [4.78, 5) is 35.0. The van der Waals surface area contributed by atoms with Gasteiger partial charge in [-0.05, 0) is 43.7 Å². The van der Waals surface area contributed by atoms with Gasteiger partial charge in [-0.2, -0.15) is 0 Å². The van der Waals surface area contributed by atoms with Gasteiger partial charge in [-0.25, -0.2) is 4.79 Å². The van der Waals surface area contributed by atoms with Crippen molar-refractivity contribution in [2.75, 3.05) is 17.7 Å². The van der Waals surface area contributed by atoms with Crippen LogP contribution in [0.2, 0.25) is 5.02 Å². The molecule has 8 nitrogen and oxygen atoms in total. The van der Waals surface area contributed by atoms with Crippen LogP contribution in [-0.4, -0.2) is 30.0 Å². The van der Waals surface area contributed by atoms with Gasteiger partial charge >= 0.3 is 5.97 Å². The highest BCUT2D eigenvalue weighted by atomic mass is 35.5. The van der Waals surface area contributed by atoms with Crippen molar-refractivity contribution in [3.8, 4) is 0 Å². The van der Waals surface area contributed by atoms with Crippen LogP contribution in [0, 0.1) is 17.0 Å². The molecule has 142 valence electrons.